The van der Waals surface area contributed by atoms with Gasteiger partial charge < -0.3 is 4.90 Å². The number of nitrogens with zero attached hydrogens (tertiary/aromatic N) is 2. The quantitative estimate of drug-likeness (QED) is 0.600. The minimum atomic E-state index is -0.217. The van der Waals surface area contributed by atoms with Crippen LogP contribution in [0.2, 0.25) is 0 Å². The van der Waals surface area contributed by atoms with Crippen LogP contribution in [0.5, 0.6) is 0 Å². The zero-order valence-corrected chi connectivity index (χ0v) is 14.8. The summed E-state index contributed by atoms with van der Waals surface area (Å²) >= 11 is 0. The third kappa shape index (κ3) is 3.23. The number of benzene rings is 2. The fourth-order valence-corrected chi connectivity index (χ4v) is 3.79. The Morgan fingerprint density at radius 2 is 1.80 bits per heavy atom. The lowest BCUT2D eigenvalue weighted by Gasteiger charge is -2.40. The van der Waals surface area contributed by atoms with Crippen LogP contribution in [0.3, 0.4) is 0 Å². The summed E-state index contributed by atoms with van der Waals surface area (Å²) in [4.78, 5) is 7.38. The summed E-state index contributed by atoms with van der Waals surface area (Å²) in [5, 5.41) is 1.15. The molecule has 1 saturated heterocycles. The van der Waals surface area contributed by atoms with E-state index in [1.54, 1.807) is 0 Å². The lowest BCUT2D eigenvalue weighted by molar-refractivity contribution is 0.293. The van der Waals surface area contributed by atoms with Gasteiger partial charge in [-0.25, -0.2) is 9.37 Å². The molecule has 4 rings (SSSR count). The molecular formula is C22H23FN2. The van der Waals surface area contributed by atoms with Gasteiger partial charge in [-0.2, -0.15) is 0 Å². The topological polar surface area (TPSA) is 16.1 Å². The zero-order chi connectivity index (χ0) is 17.4. The minimum absolute atomic E-state index is 0.217. The van der Waals surface area contributed by atoms with Crippen LogP contribution in [0, 0.1) is 11.2 Å². The average molecular weight is 334 g/mol. The maximum atomic E-state index is 13.4. The molecule has 1 aliphatic rings. The van der Waals surface area contributed by atoms with Crippen molar-refractivity contribution in [2.24, 2.45) is 5.41 Å². The molecule has 0 saturated carbocycles. The Hall–Kier alpha value is -2.42. The highest BCUT2D eigenvalue weighted by atomic mass is 19.1. The highest BCUT2D eigenvalue weighted by Gasteiger charge is 2.28. The van der Waals surface area contributed by atoms with E-state index in [9.17, 15) is 4.39 Å². The molecule has 3 aromatic rings. The largest absolute Gasteiger partial charge is 0.369 e. The molecule has 25 heavy (non-hydrogen) atoms. The molecule has 0 amide bonds. The Kier molecular flexibility index (Phi) is 3.95. The molecule has 0 unspecified atom stereocenters. The zero-order valence-electron chi connectivity index (χ0n) is 14.8. The predicted octanol–water partition coefficient (Wildman–Crippen LogP) is 5.67. The van der Waals surface area contributed by atoms with Gasteiger partial charge in [0, 0.05) is 24.0 Å². The molecule has 128 valence electrons. The Morgan fingerprint density at radius 1 is 1.04 bits per heavy atom. The summed E-state index contributed by atoms with van der Waals surface area (Å²) < 4.78 is 13.4. The van der Waals surface area contributed by atoms with E-state index in [1.807, 2.05) is 30.3 Å². The number of piperidine rings is 1. The van der Waals surface area contributed by atoms with E-state index < -0.39 is 0 Å². The first-order chi connectivity index (χ1) is 12.0. The summed E-state index contributed by atoms with van der Waals surface area (Å²) in [7, 11) is 0. The molecular weight excluding hydrogens is 311 g/mol. The maximum absolute atomic E-state index is 13.4. The summed E-state index contributed by atoms with van der Waals surface area (Å²) in [6.07, 6.45) is 2.43. The highest BCUT2D eigenvalue weighted by Crippen LogP contribution is 2.37. The molecule has 2 nitrogen and oxygen atoms in total. The first-order valence-electron chi connectivity index (χ1n) is 8.93. The van der Waals surface area contributed by atoms with Crippen molar-refractivity contribution >= 4 is 16.6 Å². The molecule has 3 heteroatoms. The summed E-state index contributed by atoms with van der Waals surface area (Å²) in [6, 6.07) is 17.1. The Bertz CT molecular complexity index is 900. The Morgan fingerprint density at radius 3 is 2.56 bits per heavy atom. The smallest absolute Gasteiger partial charge is 0.123 e. The van der Waals surface area contributed by atoms with Crippen molar-refractivity contribution < 1.29 is 4.39 Å². The Balaban J connectivity index is 1.88. The first-order valence-corrected chi connectivity index (χ1v) is 8.93. The van der Waals surface area contributed by atoms with E-state index in [-0.39, 0.29) is 5.82 Å². The number of para-hydroxylation sites is 1. The van der Waals surface area contributed by atoms with Crippen LogP contribution >= 0.6 is 0 Å². The van der Waals surface area contributed by atoms with Crippen molar-refractivity contribution in [1.82, 2.24) is 4.98 Å². The highest BCUT2D eigenvalue weighted by molar-refractivity contribution is 5.89. The van der Waals surface area contributed by atoms with Gasteiger partial charge in [0.25, 0.3) is 0 Å². The van der Waals surface area contributed by atoms with Crippen molar-refractivity contribution in [3.05, 3.63) is 60.4 Å². The van der Waals surface area contributed by atoms with Gasteiger partial charge in [-0.05, 0) is 54.7 Å². The van der Waals surface area contributed by atoms with Gasteiger partial charge in [-0.15, -0.1) is 0 Å². The van der Waals surface area contributed by atoms with Crippen molar-refractivity contribution in [1.29, 1.82) is 0 Å². The molecule has 0 aliphatic carbocycles. The number of fused-ring (bicyclic) bond motifs is 1. The summed E-state index contributed by atoms with van der Waals surface area (Å²) in [5.41, 5.74) is 4.33. The van der Waals surface area contributed by atoms with Gasteiger partial charge in [0.15, 0.2) is 0 Å². The van der Waals surface area contributed by atoms with Gasteiger partial charge in [0.05, 0.1) is 16.9 Å². The SMILES string of the molecule is CC1(C)CCCN(c2cc3ccccc3nc2-c2ccc(F)cc2)C1. The van der Waals surface area contributed by atoms with Crippen LogP contribution in [-0.2, 0) is 0 Å². The van der Waals surface area contributed by atoms with E-state index >= 15 is 0 Å². The molecule has 0 radical (unpaired) electrons. The number of hydrogen-bond acceptors (Lipinski definition) is 2. The normalized spacial score (nSPS) is 17.0. The summed E-state index contributed by atoms with van der Waals surface area (Å²) in [6.45, 7) is 6.70. The number of anilines is 1. The monoisotopic (exact) mass is 334 g/mol. The second-order valence-electron chi connectivity index (χ2n) is 7.75. The number of pyridine rings is 1. The van der Waals surface area contributed by atoms with Gasteiger partial charge >= 0.3 is 0 Å². The fraction of sp³-hybridized carbons (Fsp3) is 0.318. The van der Waals surface area contributed by atoms with Crippen molar-refractivity contribution in [3.63, 3.8) is 0 Å². The second kappa shape index (κ2) is 6.14. The van der Waals surface area contributed by atoms with Crippen LogP contribution in [0.15, 0.2) is 54.6 Å². The molecule has 0 atom stereocenters. The summed E-state index contributed by atoms with van der Waals surface area (Å²) in [5.74, 6) is -0.217. The van der Waals surface area contributed by atoms with Crippen LogP contribution < -0.4 is 4.90 Å². The standard InChI is InChI=1S/C22H23FN2/c1-22(2)12-5-13-25(15-22)20-14-17-6-3-4-7-19(17)24-21(20)16-8-10-18(23)11-9-16/h3-4,6-11,14H,5,12-13,15H2,1-2H3. The molecule has 0 N–H and O–H groups in total. The van der Waals surface area contributed by atoms with Crippen LogP contribution in [0.25, 0.3) is 22.2 Å². The molecule has 0 bridgehead atoms. The third-order valence-electron chi connectivity index (χ3n) is 5.06. The Labute approximate surface area is 148 Å². The number of halogens is 1. The number of rotatable bonds is 2. The number of hydrogen-bond donors (Lipinski definition) is 0. The minimum Gasteiger partial charge on any atom is -0.369 e. The number of aromatic nitrogens is 1. The van der Waals surface area contributed by atoms with Gasteiger partial charge in [0.1, 0.15) is 5.82 Å². The van der Waals surface area contributed by atoms with E-state index in [0.717, 1.165) is 40.9 Å². The van der Waals surface area contributed by atoms with Gasteiger partial charge in [0.2, 0.25) is 0 Å². The van der Waals surface area contributed by atoms with E-state index in [2.05, 4.69) is 30.9 Å². The second-order valence-corrected chi connectivity index (χ2v) is 7.75. The first kappa shape index (κ1) is 16.1. The van der Waals surface area contributed by atoms with Crippen LogP contribution in [-0.4, -0.2) is 18.1 Å². The molecule has 0 spiro atoms. The van der Waals surface area contributed by atoms with Crippen LogP contribution in [0.1, 0.15) is 26.7 Å². The van der Waals surface area contributed by atoms with Gasteiger partial charge in [-0.1, -0.05) is 32.0 Å². The van der Waals surface area contributed by atoms with Gasteiger partial charge in [-0.3, -0.25) is 0 Å². The molecule has 1 aromatic heterocycles. The van der Waals surface area contributed by atoms with Crippen LogP contribution in [0.4, 0.5) is 10.1 Å². The van der Waals surface area contributed by atoms with E-state index in [4.69, 9.17) is 4.98 Å². The van der Waals surface area contributed by atoms with Crippen molar-refractivity contribution in [2.75, 3.05) is 18.0 Å². The lowest BCUT2D eigenvalue weighted by atomic mass is 9.84. The average Bonchev–Trinajstić information content (AvgIpc) is 2.60. The predicted molar refractivity (Wildman–Crippen MR) is 102 cm³/mol. The maximum Gasteiger partial charge on any atom is 0.123 e. The fourth-order valence-electron chi connectivity index (χ4n) is 3.79. The van der Waals surface area contributed by atoms with Crippen molar-refractivity contribution in [3.8, 4) is 11.3 Å². The lowest BCUT2D eigenvalue weighted by Crippen LogP contribution is -2.40. The van der Waals surface area contributed by atoms with Crippen molar-refractivity contribution in [2.45, 2.75) is 26.7 Å². The molecule has 1 aliphatic heterocycles. The van der Waals surface area contributed by atoms with E-state index in [0.29, 0.717) is 5.41 Å². The molecule has 2 heterocycles. The third-order valence-corrected chi connectivity index (χ3v) is 5.06. The molecule has 2 aromatic carbocycles. The van der Waals surface area contributed by atoms with E-state index in [1.165, 1.54) is 25.0 Å². The molecule has 1 fully saturated rings.